The molecule has 2 heterocycles. The smallest absolute Gasteiger partial charge is 0.0522 e. The number of nitrogens with one attached hydrogen (secondary N) is 1. The van der Waals surface area contributed by atoms with Gasteiger partial charge in [0.2, 0.25) is 0 Å². The van der Waals surface area contributed by atoms with Crippen LogP contribution in [0, 0.1) is 0 Å². The van der Waals surface area contributed by atoms with E-state index in [0.717, 1.165) is 12.5 Å². The lowest BCUT2D eigenvalue weighted by Gasteiger charge is -2.06. The lowest BCUT2D eigenvalue weighted by molar-refractivity contribution is 0.600. The van der Waals surface area contributed by atoms with Gasteiger partial charge in [0, 0.05) is 12.2 Å². The lowest BCUT2D eigenvalue weighted by Crippen LogP contribution is -2.23. The molecule has 1 aromatic rings. The molecular weight excluding hydrogens is 174 g/mol. The minimum absolute atomic E-state index is 0.701. The topological polar surface area (TPSA) is 29.9 Å². The third kappa shape index (κ3) is 1.69. The first-order valence-corrected chi connectivity index (χ1v) is 5.68. The van der Waals surface area contributed by atoms with E-state index in [9.17, 15) is 0 Å². The van der Waals surface area contributed by atoms with Gasteiger partial charge in [0.25, 0.3) is 0 Å². The Labute approximate surface area is 84.5 Å². The normalized spacial score (nSPS) is 27.0. The molecule has 3 rings (SSSR count). The fourth-order valence-corrected chi connectivity index (χ4v) is 2.24. The molecule has 0 bridgehead atoms. The molecule has 0 amide bonds. The van der Waals surface area contributed by atoms with Gasteiger partial charge in [0.1, 0.15) is 0 Å². The van der Waals surface area contributed by atoms with Crippen LogP contribution in [-0.2, 0) is 6.42 Å². The Balaban J connectivity index is 1.64. The summed E-state index contributed by atoms with van der Waals surface area (Å²) in [5.74, 6) is 0. The first-order valence-electron chi connectivity index (χ1n) is 5.68. The van der Waals surface area contributed by atoms with E-state index < -0.39 is 0 Å². The van der Waals surface area contributed by atoms with Crippen molar-refractivity contribution in [2.45, 2.75) is 44.2 Å². The molecule has 14 heavy (non-hydrogen) atoms. The minimum Gasteiger partial charge on any atom is -0.314 e. The Kier molecular flexibility index (Phi) is 2.05. The molecule has 1 aromatic heterocycles. The third-order valence-corrected chi connectivity index (χ3v) is 3.22. The maximum atomic E-state index is 4.41. The summed E-state index contributed by atoms with van der Waals surface area (Å²) in [6, 6.07) is 1.42. The monoisotopic (exact) mass is 191 g/mol. The highest BCUT2D eigenvalue weighted by atomic mass is 15.3. The highest BCUT2D eigenvalue weighted by Crippen LogP contribution is 2.34. The van der Waals surface area contributed by atoms with Gasteiger partial charge in [0.05, 0.1) is 12.2 Å². The van der Waals surface area contributed by atoms with Gasteiger partial charge in [-0.25, -0.2) is 0 Å². The van der Waals surface area contributed by atoms with Crippen molar-refractivity contribution in [2.75, 3.05) is 6.54 Å². The molecule has 0 aromatic carbocycles. The standard InChI is InChI=1S/C11H17N3/c1-2-10(12-5-1)6-9-7-13-14(8-9)11-3-4-11/h7-8,10-12H,1-6H2. The fraction of sp³-hybridized carbons (Fsp3) is 0.727. The number of nitrogens with zero attached hydrogens (tertiary/aromatic N) is 2. The molecule has 0 spiro atoms. The van der Waals surface area contributed by atoms with Gasteiger partial charge in [-0.2, -0.15) is 5.10 Å². The highest BCUT2D eigenvalue weighted by molar-refractivity contribution is 5.08. The van der Waals surface area contributed by atoms with Crippen molar-refractivity contribution in [2.24, 2.45) is 0 Å². The zero-order valence-corrected chi connectivity index (χ0v) is 8.45. The molecule has 1 saturated carbocycles. The third-order valence-electron chi connectivity index (χ3n) is 3.22. The second-order valence-corrected chi connectivity index (χ2v) is 4.56. The largest absolute Gasteiger partial charge is 0.314 e. The Bertz CT molecular complexity index is 308. The van der Waals surface area contributed by atoms with Gasteiger partial charge >= 0.3 is 0 Å². The average molecular weight is 191 g/mol. The van der Waals surface area contributed by atoms with Gasteiger partial charge < -0.3 is 5.32 Å². The summed E-state index contributed by atoms with van der Waals surface area (Å²) < 4.78 is 2.14. The van der Waals surface area contributed by atoms with Gasteiger partial charge in [-0.3, -0.25) is 4.68 Å². The van der Waals surface area contributed by atoms with Crippen LogP contribution >= 0.6 is 0 Å². The maximum absolute atomic E-state index is 4.41. The average Bonchev–Trinajstić information content (AvgIpc) is 2.75. The van der Waals surface area contributed by atoms with Gasteiger partial charge in [0.15, 0.2) is 0 Å². The van der Waals surface area contributed by atoms with Crippen LogP contribution in [0.2, 0.25) is 0 Å². The van der Waals surface area contributed by atoms with Crippen LogP contribution < -0.4 is 5.32 Å². The molecule has 0 radical (unpaired) electrons. The molecule has 1 N–H and O–H groups in total. The second-order valence-electron chi connectivity index (χ2n) is 4.56. The number of hydrogen-bond acceptors (Lipinski definition) is 2. The summed E-state index contributed by atoms with van der Waals surface area (Å²) >= 11 is 0. The van der Waals surface area contributed by atoms with Crippen molar-refractivity contribution in [3.8, 4) is 0 Å². The minimum atomic E-state index is 0.701. The van der Waals surface area contributed by atoms with E-state index >= 15 is 0 Å². The van der Waals surface area contributed by atoms with E-state index in [1.54, 1.807) is 0 Å². The molecule has 1 aliphatic carbocycles. The summed E-state index contributed by atoms with van der Waals surface area (Å²) in [5, 5.41) is 7.93. The summed E-state index contributed by atoms with van der Waals surface area (Å²) in [4.78, 5) is 0. The highest BCUT2D eigenvalue weighted by Gasteiger charge is 2.24. The fourth-order valence-electron chi connectivity index (χ4n) is 2.24. The maximum Gasteiger partial charge on any atom is 0.0522 e. The van der Waals surface area contributed by atoms with Crippen molar-refractivity contribution in [1.29, 1.82) is 0 Å². The van der Waals surface area contributed by atoms with Crippen molar-refractivity contribution in [1.82, 2.24) is 15.1 Å². The molecule has 1 atom stereocenters. The van der Waals surface area contributed by atoms with E-state index in [2.05, 4.69) is 21.3 Å². The molecule has 76 valence electrons. The molecule has 2 aliphatic rings. The first kappa shape index (κ1) is 8.48. The van der Waals surface area contributed by atoms with Crippen LogP contribution in [0.25, 0.3) is 0 Å². The van der Waals surface area contributed by atoms with E-state index in [1.165, 1.54) is 37.8 Å². The van der Waals surface area contributed by atoms with Crippen molar-refractivity contribution < 1.29 is 0 Å². The Morgan fingerprint density at radius 3 is 3.07 bits per heavy atom. The molecule has 3 nitrogen and oxygen atoms in total. The molecule has 2 fully saturated rings. The molecule has 1 aliphatic heterocycles. The van der Waals surface area contributed by atoms with Crippen molar-refractivity contribution in [3.05, 3.63) is 18.0 Å². The van der Waals surface area contributed by atoms with E-state index in [4.69, 9.17) is 0 Å². The number of aromatic nitrogens is 2. The van der Waals surface area contributed by atoms with Crippen LogP contribution in [0.3, 0.4) is 0 Å². The summed E-state index contributed by atoms with van der Waals surface area (Å²) in [7, 11) is 0. The van der Waals surface area contributed by atoms with Crippen molar-refractivity contribution >= 4 is 0 Å². The predicted octanol–water partition coefficient (Wildman–Crippen LogP) is 1.51. The SMILES string of the molecule is c1nn(C2CC2)cc1CC1CCCN1. The lowest BCUT2D eigenvalue weighted by atomic mass is 10.1. The zero-order valence-electron chi connectivity index (χ0n) is 8.45. The predicted molar refractivity (Wildman–Crippen MR) is 55.2 cm³/mol. The molecular formula is C11H17N3. The van der Waals surface area contributed by atoms with E-state index in [-0.39, 0.29) is 0 Å². The summed E-state index contributed by atoms with van der Waals surface area (Å²) in [5.41, 5.74) is 1.40. The Morgan fingerprint density at radius 2 is 2.36 bits per heavy atom. The molecule has 1 unspecified atom stereocenters. The van der Waals surface area contributed by atoms with Gasteiger partial charge in [-0.1, -0.05) is 0 Å². The van der Waals surface area contributed by atoms with Gasteiger partial charge in [-0.05, 0) is 44.2 Å². The Morgan fingerprint density at radius 1 is 1.43 bits per heavy atom. The van der Waals surface area contributed by atoms with Crippen LogP contribution in [0.15, 0.2) is 12.4 Å². The van der Waals surface area contributed by atoms with E-state index in [1.807, 2.05) is 6.20 Å². The van der Waals surface area contributed by atoms with Crippen molar-refractivity contribution in [3.63, 3.8) is 0 Å². The first-order chi connectivity index (χ1) is 6.92. The quantitative estimate of drug-likeness (QED) is 0.785. The zero-order chi connectivity index (χ0) is 9.38. The molecule has 1 saturated heterocycles. The second kappa shape index (κ2) is 3.39. The Hall–Kier alpha value is -0.830. The van der Waals surface area contributed by atoms with Crippen LogP contribution in [-0.4, -0.2) is 22.4 Å². The van der Waals surface area contributed by atoms with Crippen LogP contribution in [0.5, 0.6) is 0 Å². The summed E-state index contributed by atoms with van der Waals surface area (Å²) in [6.07, 6.45) is 10.7. The van der Waals surface area contributed by atoms with Gasteiger partial charge in [-0.15, -0.1) is 0 Å². The van der Waals surface area contributed by atoms with E-state index in [0.29, 0.717) is 6.04 Å². The molecule has 3 heteroatoms. The van der Waals surface area contributed by atoms with Crippen LogP contribution in [0.4, 0.5) is 0 Å². The number of hydrogen-bond donors (Lipinski definition) is 1. The number of rotatable bonds is 3. The van der Waals surface area contributed by atoms with Crippen LogP contribution in [0.1, 0.15) is 37.3 Å². The summed E-state index contributed by atoms with van der Waals surface area (Å²) in [6.45, 7) is 1.20.